The molecular formula is C44H43N3O4. The molecular weight excluding hydrogens is 635 g/mol. The van der Waals surface area contributed by atoms with Crippen molar-refractivity contribution in [3.63, 3.8) is 0 Å². The highest BCUT2D eigenvalue weighted by atomic mass is 16.6. The number of hydrogen-bond acceptors (Lipinski definition) is 7. The van der Waals surface area contributed by atoms with E-state index in [0.717, 1.165) is 57.6 Å². The van der Waals surface area contributed by atoms with Crippen LogP contribution in [0.4, 0.5) is 5.82 Å². The predicted molar refractivity (Wildman–Crippen MR) is 199 cm³/mol. The normalized spacial score (nSPS) is 20.1. The second kappa shape index (κ2) is 16.0. The Hall–Kier alpha value is -4.92. The molecule has 1 saturated carbocycles. The standard InChI is InChI=1S/C44H43N3O4/c1-5-13-31(14-6-1)26-45-44-37-24-23-36(25-38(37)46-43(47-44)35-21-22-35)40-42(50-29-34-19-11-4-12-20-34)41(49-28-33-17-9-3-10-18-33)39(51-40)30-48-27-32-15-7-2-8-16-32/h1-20,23-25,35,39-42H,21-22,26-30H2,(H,45,46,47)/t39-,40+,41-,42+/m1/s1. The summed E-state index contributed by atoms with van der Waals surface area (Å²) in [5.74, 6) is 2.16. The van der Waals surface area contributed by atoms with E-state index in [2.05, 4.69) is 84.2 Å². The summed E-state index contributed by atoms with van der Waals surface area (Å²) in [4.78, 5) is 10.1. The Kier molecular flexibility index (Phi) is 10.4. The fourth-order valence-electron chi connectivity index (χ4n) is 6.70. The number of aromatic nitrogens is 2. The minimum absolute atomic E-state index is 0.352. The monoisotopic (exact) mass is 677 g/mol. The van der Waals surface area contributed by atoms with Crippen molar-refractivity contribution < 1.29 is 18.9 Å². The lowest BCUT2D eigenvalue weighted by Crippen LogP contribution is -2.37. The molecule has 2 fully saturated rings. The van der Waals surface area contributed by atoms with Gasteiger partial charge in [-0.3, -0.25) is 0 Å². The molecule has 7 heteroatoms. The number of fused-ring (bicyclic) bond motifs is 1. The van der Waals surface area contributed by atoms with Crippen LogP contribution in [0.25, 0.3) is 10.9 Å². The van der Waals surface area contributed by atoms with Crippen LogP contribution < -0.4 is 5.32 Å². The molecule has 1 aliphatic heterocycles. The van der Waals surface area contributed by atoms with Gasteiger partial charge in [0.05, 0.1) is 31.9 Å². The van der Waals surface area contributed by atoms with E-state index in [-0.39, 0.29) is 12.2 Å². The average molecular weight is 678 g/mol. The first kappa shape index (κ1) is 33.2. The van der Waals surface area contributed by atoms with Gasteiger partial charge in [-0.05, 0) is 52.8 Å². The Labute approximate surface area is 299 Å². The molecule has 0 bridgehead atoms. The number of rotatable bonds is 15. The first-order valence-electron chi connectivity index (χ1n) is 17.9. The molecule has 0 unspecified atom stereocenters. The first-order valence-corrected chi connectivity index (χ1v) is 17.9. The minimum atomic E-state index is -0.399. The smallest absolute Gasteiger partial charge is 0.137 e. The summed E-state index contributed by atoms with van der Waals surface area (Å²) in [7, 11) is 0. The summed E-state index contributed by atoms with van der Waals surface area (Å²) in [6.45, 7) is 2.41. The molecule has 0 radical (unpaired) electrons. The van der Waals surface area contributed by atoms with Crippen LogP contribution in [0.15, 0.2) is 140 Å². The van der Waals surface area contributed by atoms with Gasteiger partial charge in [0.2, 0.25) is 0 Å². The maximum absolute atomic E-state index is 6.93. The zero-order valence-corrected chi connectivity index (χ0v) is 28.6. The Morgan fingerprint density at radius 2 is 1.18 bits per heavy atom. The number of nitrogens with one attached hydrogen (secondary N) is 1. The number of ether oxygens (including phenoxy) is 4. The van der Waals surface area contributed by atoms with Gasteiger partial charge in [0.15, 0.2) is 0 Å². The van der Waals surface area contributed by atoms with Gasteiger partial charge < -0.3 is 24.3 Å². The van der Waals surface area contributed by atoms with E-state index in [4.69, 9.17) is 28.9 Å². The number of hydrogen-bond donors (Lipinski definition) is 1. The summed E-state index contributed by atoms with van der Waals surface area (Å²) in [6.07, 6.45) is 0.724. The van der Waals surface area contributed by atoms with Gasteiger partial charge in [-0.1, -0.05) is 127 Å². The Balaban J connectivity index is 1.11. The Morgan fingerprint density at radius 1 is 0.608 bits per heavy atom. The fourth-order valence-corrected chi connectivity index (χ4v) is 6.70. The van der Waals surface area contributed by atoms with Crippen LogP contribution >= 0.6 is 0 Å². The molecule has 8 rings (SSSR count). The van der Waals surface area contributed by atoms with Crippen molar-refractivity contribution >= 4 is 16.7 Å². The minimum Gasteiger partial charge on any atom is -0.374 e. The summed E-state index contributed by atoms with van der Waals surface area (Å²) in [5, 5.41) is 4.59. The van der Waals surface area contributed by atoms with Crippen molar-refractivity contribution in [3.8, 4) is 0 Å². The largest absolute Gasteiger partial charge is 0.374 e. The van der Waals surface area contributed by atoms with Crippen LogP contribution in [-0.2, 0) is 45.3 Å². The number of anilines is 1. The summed E-state index contributed by atoms with van der Waals surface area (Å²) in [6, 6.07) is 47.5. The highest BCUT2D eigenvalue weighted by Crippen LogP contribution is 2.42. The van der Waals surface area contributed by atoms with Gasteiger partial charge in [0, 0.05) is 17.8 Å². The van der Waals surface area contributed by atoms with Crippen molar-refractivity contribution in [1.29, 1.82) is 0 Å². The lowest BCUT2D eigenvalue weighted by Gasteiger charge is -2.25. The molecule has 4 atom stereocenters. The van der Waals surface area contributed by atoms with E-state index in [1.54, 1.807) is 0 Å². The van der Waals surface area contributed by atoms with Crippen molar-refractivity contribution in [2.75, 3.05) is 11.9 Å². The molecule has 51 heavy (non-hydrogen) atoms. The summed E-state index contributed by atoms with van der Waals surface area (Å²) >= 11 is 0. The second-order valence-corrected chi connectivity index (χ2v) is 13.4. The third kappa shape index (κ3) is 8.35. The predicted octanol–water partition coefficient (Wildman–Crippen LogP) is 8.95. The third-order valence-electron chi connectivity index (χ3n) is 9.59. The Bertz CT molecular complexity index is 1990. The van der Waals surface area contributed by atoms with Crippen LogP contribution in [-0.4, -0.2) is 34.9 Å². The van der Waals surface area contributed by atoms with E-state index >= 15 is 0 Å². The quantitative estimate of drug-likeness (QED) is 0.116. The lowest BCUT2D eigenvalue weighted by atomic mass is 9.99. The molecule has 258 valence electrons. The molecule has 6 aromatic rings. The third-order valence-corrected chi connectivity index (χ3v) is 9.59. The van der Waals surface area contributed by atoms with Gasteiger partial charge >= 0.3 is 0 Å². The molecule has 1 aromatic heterocycles. The van der Waals surface area contributed by atoms with Gasteiger partial charge in [0.1, 0.15) is 36.1 Å². The molecule has 1 N–H and O–H groups in total. The average Bonchev–Trinajstić information content (AvgIpc) is 3.99. The summed E-state index contributed by atoms with van der Waals surface area (Å²) in [5.41, 5.74) is 6.40. The number of nitrogens with zero attached hydrogens (tertiary/aromatic N) is 2. The van der Waals surface area contributed by atoms with Gasteiger partial charge in [-0.15, -0.1) is 0 Å². The topological polar surface area (TPSA) is 74.7 Å². The molecule has 0 amide bonds. The molecule has 1 aliphatic carbocycles. The Morgan fingerprint density at radius 3 is 1.78 bits per heavy atom. The van der Waals surface area contributed by atoms with E-state index in [1.807, 2.05) is 60.7 Å². The van der Waals surface area contributed by atoms with E-state index < -0.39 is 12.2 Å². The van der Waals surface area contributed by atoms with Crippen LogP contribution in [0.3, 0.4) is 0 Å². The first-order chi connectivity index (χ1) is 25.3. The van der Waals surface area contributed by atoms with Gasteiger partial charge in [-0.25, -0.2) is 9.97 Å². The van der Waals surface area contributed by atoms with Crippen LogP contribution in [0, 0.1) is 0 Å². The van der Waals surface area contributed by atoms with Gasteiger partial charge in [0.25, 0.3) is 0 Å². The van der Waals surface area contributed by atoms with Crippen molar-refractivity contribution in [1.82, 2.24) is 9.97 Å². The second-order valence-electron chi connectivity index (χ2n) is 13.4. The van der Waals surface area contributed by atoms with Gasteiger partial charge in [-0.2, -0.15) is 0 Å². The van der Waals surface area contributed by atoms with E-state index in [9.17, 15) is 0 Å². The molecule has 1 saturated heterocycles. The van der Waals surface area contributed by atoms with Crippen LogP contribution in [0.1, 0.15) is 58.5 Å². The van der Waals surface area contributed by atoms with E-state index in [1.165, 1.54) is 5.56 Å². The van der Waals surface area contributed by atoms with Crippen molar-refractivity contribution in [2.24, 2.45) is 0 Å². The number of benzene rings is 5. The molecule has 0 spiro atoms. The zero-order valence-electron chi connectivity index (χ0n) is 28.6. The van der Waals surface area contributed by atoms with Crippen LogP contribution in [0.5, 0.6) is 0 Å². The highest BCUT2D eigenvalue weighted by molar-refractivity contribution is 5.89. The van der Waals surface area contributed by atoms with Crippen molar-refractivity contribution in [3.05, 3.63) is 173 Å². The van der Waals surface area contributed by atoms with Crippen molar-refractivity contribution in [2.45, 2.75) is 69.5 Å². The molecule has 2 aliphatic rings. The molecule has 5 aromatic carbocycles. The lowest BCUT2D eigenvalue weighted by molar-refractivity contribution is -0.0898. The highest BCUT2D eigenvalue weighted by Gasteiger charge is 2.47. The fraction of sp³-hybridized carbons (Fsp3) is 0.273. The molecule has 2 heterocycles. The SMILES string of the molecule is c1ccc(CNc2nc(C3CC3)nc3cc([C@@H]4O[C@H](COCc5ccccc5)[C@@H](OCc5ccccc5)[C@H]4OCc4ccccc4)ccc23)cc1. The zero-order chi connectivity index (χ0) is 34.2. The van der Waals surface area contributed by atoms with E-state index in [0.29, 0.717) is 38.9 Å². The maximum Gasteiger partial charge on any atom is 0.137 e. The van der Waals surface area contributed by atoms with Crippen LogP contribution in [0.2, 0.25) is 0 Å². The summed E-state index contributed by atoms with van der Waals surface area (Å²) < 4.78 is 26.7. The maximum atomic E-state index is 6.93. The molecule has 7 nitrogen and oxygen atoms in total.